The van der Waals surface area contributed by atoms with Crippen LogP contribution in [0.2, 0.25) is 0 Å². The molecule has 1 aromatic heterocycles. The van der Waals surface area contributed by atoms with Gasteiger partial charge in [0.15, 0.2) is 0 Å². The van der Waals surface area contributed by atoms with Crippen LogP contribution >= 0.6 is 15.9 Å². The second-order valence-corrected chi connectivity index (χ2v) is 8.30. The summed E-state index contributed by atoms with van der Waals surface area (Å²) in [6.07, 6.45) is 1.83. The summed E-state index contributed by atoms with van der Waals surface area (Å²) in [5, 5.41) is 5.83. The van der Waals surface area contributed by atoms with Crippen LogP contribution in [-0.4, -0.2) is 67.0 Å². The van der Waals surface area contributed by atoms with Gasteiger partial charge in [0.2, 0.25) is 0 Å². The number of amides is 1. The lowest BCUT2D eigenvalue weighted by atomic mass is 10.1. The van der Waals surface area contributed by atoms with E-state index in [1.54, 1.807) is 0 Å². The molecule has 0 radical (unpaired) electrons. The first-order valence-corrected chi connectivity index (χ1v) is 11.7. The zero-order chi connectivity index (χ0) is 21.5. The topological polar surface area (TPSA) is 57.7 Å². The van der Waals surface area contributed by atoms with E-state index in [0.29, 0.717) is 18.7 Å². The maximum atomic E-state index is 12.8. The van der Waals surface area contributed by atoms with Crippen LogP contribution in [0, 0.1) is 0 Å². The summed E-state index contributed by atoms with van der Waals surface area (Å²) in [7, 11) is 0. The Morgan fingerprint density at radius 3 is 2.65 bits per heavy atom. The molecule has 0 saturated carbocycles. The second kappa shape index (κ2) is 10.6. The number of aromatic nitrogens is 1. The number of anilines is 1. The first-order valence-electron chi connectivity index (χ1n) is 10.6. The van der Waals surface area contributed by atoms with E-state index in [4.69, 9.17) is 4.74 Å². The van der Waals surface area contributed by atoms with Crippen LogP contribution in [-0.2, 0) is 0 Å². The number of hydrogen-bond acceptors (Lipinski definition) is 5. The predicted molar refractivity (Wildman–Crippen MR) is 128 cm³/mol. The van der Waals surface area contributed by atoms with Gasteiger partial charge in [0.05, 0.1) is 6.61 Å². The van der Waals surface area contributed by atoms with Crippen molar-refractivity contribution in [3.63, 3.8) is 0 Å². The Hall–Kier alpha value is -2.64. The second-order valence-electron chi connectivity index (χ2n) is 7.51. The molecule has 1 fully saturated rings. The van der Waals surface area contributed by atoms with Crippen molar-refractivity contribution in [2.24, 2.45) is 0 Å². The van der Waals surface area contributed by atoms with Gasteiger partial charge in [-0.1, -0.05) is 46.3 Å². The highest BCUT2D eigenvalue weighted by Gasteiger charge is 2.18. The number of benzene rings is 2. The average molecular weight is 483 g/mol. The molecule has 0 unspecified atom stereocenters. The van der Waals surface area contributed by atoms with Gasteiger partial charge in [-0.25, -0.2) is 4.98 Å². The molecule has 0 spiro atoms. The van der Waals surface area contributed by atoms with E-state index in [0.717, 1.165) is 60.4 Å². The molecule has 3 aromatic rings. The van der Waals surface area contributed by atoms with Gasteiger partial charge in [-0.05, 0) is 29.7 Å². The first-order chi connectivity index (χ1) is 15.2. The predicted octanol–water partition coefficient (Wildman–Crippen LogP) is 3.56. The number of halogens is 1. The third kappa shape index (κ3) is 5.54. The van der Waals surface area contributed by atoms with E-state index in [9.17, 15) is 4.79 Å². The summed E-state index contributed by atoms with van der Waals surface area (Å²) in [4.78, 5) is 21.9. The quantitative estimate of drug-likeness (QED) is 0.497. The SMILES string of the molecule is O=C(NCCN1CCN(c2ccccn2)CC1)c1cc(OCCBr)c2ccccc2c1. The van der Waals surface area contributed by atoms with Gasteiger partial charge in [0.25, 0.3) is 5.91 Å². The Bertz CT molecular complexity index is 1010. The van der Waals surface area contributed by atoms with Crippen LogP contribution in [0.25, 0.3) is 10.8 Å². The van der Waals surface area contributed by atoms with E-state index in [1.165, 1.54) is 0 Å². The van der Waals surface area contributed by atoms with E-state index < -0.39 is 0 Å². The maximum Gasteiger partial charge on any atom is 0.251 e. The fraction of sp³-hybridized carbons (Fsp3) is 0.333. The number of carbonyl (C=O) groups excluding carboxylic acids is 1. The van der Waals surface area contributed by atoms with Gasteiger partial charge in [-0.15, -0.1) is 0 Å². The highest BCUT2D eigenvalue weighted by atomic mass is 79.9. The van der Waals surface area contributed by atoms with Crippen LogP contribution in [0.15, 0.2) is 60.8 Å². The zero-order valence-electron chi connectivity index (χ0n) is 17.5. The largest absolute Gasteiger partial charge is 0.492 e. The number of hydrogen-bond donors (Lipinski definition) is 1. The van der Waals surface area contributed by atoms with Crippen molar-refractivity contribution in [1.29, 1.82) is 0 Å². The molecule has 2 heterocycles. The zero-order valence-corrected chi connectivity index (χ0v) is 19.1. The maximum absolute atomic E-state index is 12.8. The minimum atomic E-state index is -0.0680. The summed E-state index contributed by atoms with van der Waals surface area (Å²) in [6.45, 7) is 5.84. The summed E-state index contributed by atoms with van der Waals surface area (Å²) < 4.78 is 5.86. The number of nitrogens with zero attached hydrogens (tertiary/aromatic N) is 3. The number of pyridine rings is 1. The molecule has 1 N–H and O–H groups in total. The number of ether oxygens (including phenoxy) is 1. The molecule has 2 aromatic carbocycles. The lowest BCUT2D eigenvalue weighted by molar-refractivity contribution is 0.0947. The summed E-state index contributed by atoms with van der Waals surface area (Å²) in [6, 6.07) is 17.8. The number of alkyl halides is 1. The molecule has 31 heavy (non-hydrogen) atoms. The standard InChI is InChI=1S/C24H27BrN4O2/c25-8-16-31-22-18-20(17-19-5-1-2-6-21(19)22)24(30)27-10-11-28-12-14-29(15-13-28)23-7-3-4-9-26-23/h1-7,9,17-18H,8,10-16H2,(H,27,30). The lowest BCUT2D eigenvalue weighted by Crippen LogP contribution is -2.48. The number of rotatable bonds is 8. The fourth-order valence-corrected chi connectivity index (χ4v) is 4.01. The van der Waals surface area contributed by atoms with Crippen molar-refractivity contribution in [3.05, 3.63) is 66.4 Å². The van der Waals surface area contributed by atoms with Crippen LogP contribution in [0.5, 0.6) is 5.75 Å². The van der Waals surface area contributed by atoms with Crippen LogP contribution in [0.3, 0.4) is 0 Å². The molecule has 7 heteroatoms. The molecule has 6 nitrogen and oxygen atoms in total. The molecule has 162 valence electrons. The molecular weight excluding hydrogens is 456 g/mol. The van der Waals surface area contributed by atoms with Crippen molar-refractivity contribution >= 4 is 38.4 Å². The molecule has 1 saturated heterocycles. The highest BCUT2D eigenvalue weighted by Crippen LogP contribution is 2.27. The summed E-state index contributed by atoms with van der Waals surface area (Å²) >= 11 is 3.39. The van der Waals surface area contributed by atoms with Crippen molar-refractivity contribution in [3.8, 4) is 5.75 Å². The third-order valence-corrected chi connectivity index (χ3v) is 5.80. The monoisotopic (exact) mass is 482 g/mol. The number of piperazine rings is 1. The van der Waals surface area contributed by atoms with Gasteiger partial charge in [-0.3, -0.25) is 9.69 Å². The van der Waals surface area contributed by atoms with Gasteiger partial charge in [0.1, 0.15) is 11.6 Å². The van der Waals surface area contributed by atoms with E-state index in [2.05, 4.69) is 42.1 Å². The van der Waals surface area contributed by atoms with Crippen molar-refractivity contribution in [2.45, 2.75) is 0 Å². The van der Waals surface area contributed by atoms with Crippen LogP contribution in [0.4, 0.5) is 5.82 Å². The average Bonchev–Trinajstić information content (AvgIpc) is 2.83. The first kappa shape index (κ1) is 21.6. The highest BCUT2D eigenvalue weighted by molar-refractivity contribution is 9.09. The van der Waals surface area contributed by atoms with Crippen molar-refractivity contribution < 1.29 is 9.53 Å². The minimum absolute atomic E-state index is 0.0680. The fourth-order valence-electron chi connectivity index (χ4n) is 3.85. The van der Waals surface area contributed by atoms with E-state index in [-0.39, 0.29) is 5.91 Å². The molecule has 1 aliphatic heterocycles. The van der Waals surface area contributed by atoms with Crippen molar-refractivity contribution in [2.75, 3.05) is 56.1 Å². The van der Waals surface area contributed by atoms with E-state index >= 15 is 0 Å². The van der Waals surface area contributed by atoms with Gasteiger partial charge in [-0.2, -0.15) is 0 Å². The number of nitrogens with one attached hydrogen (secondary N) is 1. The Labute approximate surface area is 191 Å². The molecular formula is C24H27BrN4O2. The van der Waals surface area contributed by atoms with Gasteiger partial charge in [0, 0.05) is 61.7 Å². The number of carbonyl (C=O) groups is 1. The summed E-state index contributed by atoms with van der Waals surface area (Å²) in [5.74, 6) is 1.71. The molecule has 1 aliphatic rings. The smallest absolute Gasteiger partial charge is 0.251 e. The van der Waals surface area contributed by atoms with Gasteiger partial charge >= 0.3 is 0 Å². The Balaban J connectivity index is 1.30. The minimum Gasteiger partial charge on any atom is -0.492 e. The Kier molecular flexibility index (Phi) is 7.38. The molecule has 0 atom stereocenters. The molecule has 0 bridgehead atoms. The Morgan fingerprint density at radius 1 is 1.06 bits per heavy atom. The van der Waals surface area contributed by atoms with Crippen LogP contribution in [0.1, 0.15) is 10.4 Å². The normalized spacial score (nSPS) is 14.5. The van der Waals surface area contributed by atoms with E-state index in [1.807, 2.05) is 54.7 Å². The van der Waals surface area contributed by atoms with Crippen molar-refractivity contribution in [1.82, 2.24) is 15.2 Å². The summed E-state index contributed by atoms with van der Waals surface area (Å²) in [5.41, 5.74) is 0.628. The van der Waals surface area contributed by atoms with Crippen LogP contribution < -0.4 is 15.0 Å². The molecule has 1 amide bonds. The number of fused-ring (bicyclic) bond motifs is 1. The Morgan fingerprint density at radius 2 is 1.87 bits per heavy atom. The molecule has 4 rings (SSSR count). The lowest BCUT2D eigenvalue weighted by Gasteiger charge is -2.35. The van der Waals surface area contributed by atoms with Gasteiger partial charge < -0.3 is 15.0 Å². The third-order valence-electron chi connectivity index (χ3n) is 5.48. The molecule has 0 aliphatic carbocycles.